The summed E-state index contributed by atoms with van der Waals surface area (Å²) in [6, 6.07) is 4.09. The topological polar surface area (TPSA) is 40.5 Å². The van der Waals surface area contributed by atoms with E-state index in [1.54, 1.807) is 16.2 Å². The number of carbonyl (C=O) groups is 1. The van der Waals surface area contributed by atoms with Gasteiger partial charge in [-0.25, -0.2) is 0 Å². The van der Waals surface area contributed by atoms with Crippen LogP contribution in [0.2, 0.25) is 0 Å². The summed E-state index contributed by atoms with van der Waals surface area (Å²) in [6.45, 7) is 1.04. The predicted octanol–water partition coefficient (Wildman–Crippen LogP) is 2.30. The second-order valence-corrected chi connectivity index (χ2v) is 5.21. The van der Waals surface area contributed by atoms with E-state index in [0.717, 1.165) is 32.2 Å². The van der Waals surface area contributed by atoms with Gasteiger partial charge in [0.15, 0.2) is 0 Å². The number of aryl methyl sites for hydroxylation is 1. The third-order valence-corrected chi connectivity index (χ3v) is 3.68. The number of aliphatic hydroxyl groups excluding tert-OH is 1. The molecule has 0 bridgehead atoms. The van der Waals surface area contributed by atoms with Crippen LogP contribution >= 0.6 is 11.3 Å². The average molecular weight is 255 g/mol. The van der Waals surface area contributed by atoms with E-state index in [9.17, 15) is 4.79 Å². The summed E-state index contributed by atoms with van der Waals surface area (Å²) in [5, 5.41) is 10.7. The Morgan fingerprint density at radius 3 is 2.88 bits per heavy atom. The molecule has 0 aliphatic heterocycles. The van der Waals surface area contributed by atoms with E-state index in [-0.39, 0.29) is 12.5 Å². The summed E-state index contributed by atoms with van der Waals surface area (Å²) in [7, 11) is 1.86. The molecule has 1 amide bonds. The van der Waals surface area contributed by atoms with Crippen LogP contribution in [0.15, 0.2) is 17.5 Å². The smallest absolute Gasteiger partial charge is 0.222 e. The molecule has 1 N–H and O–H groups in total. The second-order valence-electron chi connectivity index (χ2n) is 4.18. The molecule has 0 aromatic carbocycles. The van der Waals surface area contributed by atoms with Crippen molar-refractivity contribution in [1.29, 1.82) is 0 Å². The van der Waals surface area contributed by atoms with Gasteiger partial charge in [0.05, 0.1) is 0 Å². The first-order valence-corrected chi connectivity index (χ1v) is 6.99. The molecule has 3 nitrogen and oxygen atoms in total. The van der Waals surface area contributed by atoms with Crippen LogP contribution in [0.5, 0.6) is 0 Å². The number of hydrogen-bond acceptors (Lipinski definition) is 3. The van der Waals surface area contributed by atoms with Gasteiger partial charge in [-0.3, -0.25) is 4.79 Å². The first-order chi connectivity index (χ1) is 8.24. The van der Waals surface area contributed by atoms with Gasteiger partial charge >= 0.3 is 0 Å². The third-order valence-electron chi connectivity index (χ3n) is 2.74. The molecule has 17 heavy (non-hydrogen) atoms. The average Bonchev–Trinajstić information content (AvgIpc) is 2.84. The van der Waals surface area contributed by atoms with Crippen LogP contribution in [0.4, 0.5) is 0 Å². The number of unbranched alkanes of at least 4 members (excludes halogenated alkanes) is 2. The van der Waals surface area contributed by atoms with Crippen molar-refractivity contribution >= 4 is 17.2 Å². The van der Waals surface area contributed by atoms with Gasteiger partial charge in [0.1, 0.15) is 0 Å². The van der Waals surface area contributed by atoms with Crippen molar-refractivity contribution < 1.29 is 9.90 Å². The van der Waals surface area contributed by atoms with Crippen molar-refractivity contribution in [3.63, 3.8) is 0 Å². The first-order valence-electron chi connectivity index (χ1n) is 6.11. The monoisotopic (exact) mass is 255 g/mol. The van der Waals surface area contributed by atoms with E-state index in [1.807, 2.05) is 18.5 Å². The molecule has 0 saturated heterocycles. The zero-order valence-electron chi connectivity index (χ0n) is 10.4. The molecule has 1 heterocycles. The molecule has 0 spiro atoms. The van der Waals surface area contributed by atoms with Crippen molar-refractivity contribution in [3.8, 4) is 0 Å². The number of nitrogens with zero attached hydrogens (tertiary/aromatic N) is 1. The van der Waals surface area contributed by atoms with Crippen LogP contribution in [0.25, 0.3) is 0 Å². The number of carbonyl (C=O) groups excluding carboxylic acids is 1. The highest BCUT2D eigenvalue weighted by Gasteiger charge is 2.08. The fourth-order valence-electron chi connectivity index (χ4n) is 1.64. The van der Waals surface area contributed by atoms with Crippen LogP contribution in [-0.2, 0) is 11.2 Å². The molecule has 0 aliphatic carbocycles. The number of aliphatic hydroxyl groups is 1. The highest BCUT2D eigenvalue weighted by atomic mass is 32.1. The number of thiophene rings is 1. The molecule has 1 aromatic heterocycles. The van der Waals surface area contributed by atoms with Crippen LogP contribution in [-0.4, -0.2) is 36.1 Å². The summed E-state index contributed by atoms with van der Waals surface area (Å²) in [5.74, 6) is 0.211. The fourth-order valence-corrected chi connectivity index (χ4v) is 2.35. The van der Waals surface area contributed by atoms with Gasteiger partial charge in [0.2, 0.25) is 5.91 Å². The summed E-state index contributed by atoms with van der Waals surface area (Å²) >= 11 is 1.70. The van der Waals surface area contributed by atoms with E-state index < -0.39 is 0 Å². The van der Waals surface area contributed by atoms with Crippen molar-refractivity contribution in [2.75, 3.05) is 20.2 Å². The van der Waals surface area contributed by atoms with Crippen molar-refractivity contribution in [2.45, 2.75) is 32.1 Å². The molecule has 4 heteroatoms. The van der Waals surface area contributed by atoms with Crippen LogP contribution in [0.1, 0.15) is 30.6 Å². The van der Waals surface area contributed by atoms with Gasteiger partial charge in [-0.2, -0.15) is 0 Å². The largest absolute Gasteiger partial charge is 0.396 e. The van der Waals surface area contributed by atoms with Gasteiger partial charge in [-0.15, -0.1) is 11.3 Å². The number of hydrogen-bond donors (Lipinski definition) is 1. The molecule has 1 aromatic rings. The standard InChI is InChI=1S/C13H21NO2S/c1-14(9-3-2-4-10-15)13(16)8-7-12-6-5-11-17-12/h5-6,11,15H,2-4,7-10H2,1H3. The van der Waals surface area contributed by atoms with Crippen molar-refractivity contribution in [2.24, 2.45) is 0 Å². The minimum absolute atomic E-state index is 0.211. The SMILES string of the molecule is CN(CCCCCO)C(=O)CCc1cccs1. The van der Waals surface area contributed by atoms with Gasteiger partial charge in [-0.05, 0) is 37.1 Å². The maximum Gasteiger partial charge on any atom is 0.222 e. The Morgan fingerprint density at radius 2 is 2.24 bits per heavy atom. The van der Waals surface area contributed by atoms with Gasteiger partial charge in [0.25, 0.3) is 0 Å². The minimum Gasteiger partial charge on any atom is -0.396 e. The maximum absolute atomic E-state index is 11.8. The lowest BCUT2D eigenvalue weighted by molar-refractivity contribution is -0.129. The molecule has 96 valence electrons. The van der Waals surface area contributed by atoms with Gasteiger partial charge in [0, 0.05) is 31.5 Å². The Bertz CT molecular complexity index is 311. The molecular weight excluding hydrogens is 234 g/mol. The zero-order valence-corrected chi connectivity index (χ0v) is 11.2. The molecule has 0 fully saturated rings. The van der Waals surface area contributed by atoms with E-state index in [2.05, 4.69) is 6.07 Å². The summed E-state index contributed by atoms with van der Waals surface area (Å²) in [4.78, 5) is 14.9. The highest BCUT2D eigenvalue weighted by Crippen LogP contribution is 2.11. The van der Waals surface area contributed by atoms with Gasteiger partial charge in [-0.1, -0.05) is 6.07 Å². The Labute approximate surface area is 107 Å². The third kappa shape index (κ3) is 5.84. The van der Waals surface area contributed by atoms with E-state index in [0.29, 0.717) is 6.42 Å². The normalized spacial score (nSPS) is 10.5. The number of amides is 1. The Balaban J connectivity index is 2.13. The lowest BCUT2D eigenvalue weighted by Crippen LogP contribution is -2.27. The molecule has 0 radical (unpaired) electrons. The predicted molar refractivity (Wildman–Crippen MR) is 71.2 cm³/mol. The van der Waals surface area contributed by atoms with E-state index in [1.165, 1.54) is 4.88 Å². The summed E-state index contributed by atoms with van der Waals surface area (Å²) in [5.41, 5.74) is 0. The number of rotatable bonds is 8. The quantitative estimate of drug-likeness (QED) is 0.724. The molecule has 0 aliphatic rings. The molecule has 0 saturated carbocycles. The molecular formula is C13H21NO2S. The Morgan fingerprint density at radius 1 is 1.41 bits per heavy atom. The minimum atomic E-state index is 0.211. The summed E-state index contributed by atoms with van der Waals surface area (Å²) < 4.78 is 0. The maximum atomic E-state index is 11.8. The lowest BCUT2D eigenvalue weighted by atomic mass is 10.2. The van der Waals surface area contributed by atoms with Crippen LogP contribution in [0.3, 0.4) is 0 Å². The molecule has 1 rings (SSSR count). The van der Waals surface area contributed by atoms with Gasteiger partial charge < -0.3 is 10.0 Å². The van der Waals surface area contributed by atoms with E-state index >= 15 is 0 Å². The molecule has 0 atom stereocenters. The van der Waals surface area contributed by atoms with Crippen molar-refractivity contribution in [3.05, 3.63) is 22.4 Å². The highest BCUT2D eigenvalue weighted by molar-refractivity contribution is 7.09. The first kappa shape index (κ1) is 14.2. The Kier molecular flexibility index (Phi) is 6.89. The Hall–Kier alpha value is -0.870. The van der Waals surface area contributed by atoms with Crippen molar-refractivity contribution in [1.82, 2.24) is 4.90 Å². The lowest BCUT2D eigenvalue weighted by Gasteiger charge is -2.16. The van der Waals surface area contributed by atoms with E-state index in [4.69, 9.17) is 5.11 Å². The summed E-state index contributed by atoms with van der Waals surface area (Å²) in [6.07, 6.45) is 4.23. The zero-order chi connectivity index (χ0) is 12.5. The van der Waals surface area contributed by atoms with Crippen LogP contribution in [0, 0.1) is 0 Å². The molecule has 0 unspecified atom stereocenters. The fraction of sp³-hybridized carbons (Fsp3) is 0.615. The second kappa shape index (κ2) is 8.25. The van der Waals surface area contributed by atoms with Crippen LogP contribution < -0.4 is 0 Å².